The van der Waals surface area contributed by atoms with Crippen molar-refractivity contribution in [3.63, 3.8) is 0 Å². The fraction of sp³-hybridized carbons (Fsp3) is 0.667. The maximum Gasteiger partial charge on any atom is 0.0943 e. The zero-order chi connectivity index (χ0) is 9.84. The predicted molar refractivity (Wildman–Crippen MR) is 56.9 cm³/mol. The summed E-state index contributed by atoms with van der Waals surface area (Å²) in [5, 5.41) is 1.15. The number of thiazole rings is 1. The molecule has 0 spiro atoms. The summed E-state index contributed by atoms with van der Waals surface area (Å²) in [6.45, 7) is 2.98. The summed E-state index contributed by atoms with van der Waals surface area (Å²) in [6, 6.07) is 0.207. The molecule has 0 aliphatic heterocycles. The molecule has 4 heteroatoms. The minimum absolute atomic E-state index is 0.207. The van der Waals surface area contributed by atoms with Crippen molar-refractivity contribution in [1.82, 2.24) is 9.88 Å². The van der Waals surface area contributed by atoms with E-state index in [9.17, 15) is 0 Å². The van der Waals surface area contributed by atoms with Crippen LogP contribution in [0.15, 0.2) is 6.20 Å². The molecule has 74 valence electrons. The van der Waals surface area contributed by atoms with Crippen LogP contribution in [0.25, 0.3) is 0 Å². The van der Waals surface area contributed by atoms with E-state index in [0.29, 0.717) is 0 Å². The summed E-state index contributed by atoms with van der Waals surface area (Å²) in [5.74, 6) is 0. The summed E-state index contributed by atoms with van der Waals surface area (Å²) < 4.78 is 0. The van der Waals surface area contributed by atoms with Crippen LogP contribution in [0.2, 0.25) is 0 Å². The predicted octanol–water partition coefficient (Wildman–Crippen LogP) is 1.09. The summed E-state index contributed by atoms with van der Waals surface area (Å²) in [6.07, 6.45) is 2.83. The van der Waals surface area contributed by atoms with E-state index >= 15 is 0 Å². The Morgan fingerprint density at radius 2 is 2.31 bits per heavy atom. The van der Waals surface area contributed by atoms with Crippen LogP contribution in [0.1, 0.15) is 16.8 Å². The average molecular weight is 199 g/mol. The average Bonchev–Trinajstić information content (AvgIpc) is 2.33. The van der Waals surface area contributed by atoms with Gasteiger partial charge in [-0.25, -0.2) is 4.98 Å². The number of nitrogens with two attached hydrogens (primary N) is 1. The second-order valence-electron chi connectivity index (χ2n) is 3.64. The van der Waals surface area contributed by atoms with Gasteiger partial charge in [0.05, 0.1) is 5.01 Å². The lowest BCUT2D eigenvalue weighted by atomic mass is 10.3. The van der Waals surface area contributed by atoms with Gasteiger partial charge in [-0.2, -0.15) is 0 Å². The lowest BCUT2D eigenvalue weighted by Gasteiger charge is -2.05. The molecule has 0 bridgehead atoms. The Bertz CT molecular complexity index is 231. The Morgan fingerprint density at radius 3 is 2.85 bits per heavy atom. The van der Waals surface area contributed by atoms with Crippen LogP contribution < -0.4 is 5.73 Å². The highest BCUT2D eigenvalue weighted by atomic mass is 32.1. The zero-order valence-corrected chi connectivity index (χ0v) is 9.27. The Morgan fingerprint density at radius 1 is 1.62 bits per heavy atom. The van der Waals surface area contributed by atoms with E-state index in [-0.39, 0.29) is 6.04 Å². The molecule has 1 rings (SSSR count). The Hall–Kier alpha value is -0.450. The van der Waals surface area contributed by atoms with Gasteiger partial charge in [-0.15, -0.1) is 11.3 Å². The minimum atomic E-state index is 0.207. The molecule has 0 fully saturated rings. The van der Waals surface area contributed by atoms with Crippen LogP contribution >= 0.6 is 11.3 Å². The first-order chi connectivity index (χ1) is 6.08. The van der Waals surface area contributed by atoms with Gasteiger partial charge in [-0.05, 0) is 21.0 Å². The third kappa shape index (κ3) is 3.85. The van der Waals surface area contributed by atoms with Gasteiger partial charge in [0.15, 0.2) is 0 Å². The first-order valence-corrected chi connectivity index (χ1v) is 5.23. The molecule has 2 N–H and O–H groups in total. The highest BCUT2D eigenvalue weighted by molar-refractivity contribution is 7.11. The molecule has 0 radical (unpaired) electrons. The van der Waals surface area contributed by atoms with E-state index in [1.54, 1.807) is 11.3 Å². The van der Waals surface area contributed by atoms with E-state index in [2.05, 4.69) is 24.0 Å². The van der Waals surface area contributed by atoms with Gasteiger partial charge in [-0.1, -0.05) is 0 Å². The highest BCUT2D eigenvalue weighted by Crippen LogP contribution is 2.15. The summed E-state index contributed by atoms with van der Waals surface area (Å²) >= 11 is 1.76. The van der Waals surface area contributed by atoms with Gasteiger partial charge in [0.1, 0.15) is 0 Å². The highest BCUT2D eigenvalue weighted by Gasteiger charge is 2.04. The molecule has 0 unspecified atom stereocenters. The second-order valence-corrected chi connectivity index (χ2v) is 4.84. The number of nitrogens with zero attached hydrogens (tertiary/aromatic N) is 2. The van der Waals surface area contributed by atoms with E-state index < -0.39 is 0 Å². The Balaban J connectivity index is 2.53. The number of rotatable bonds is 4. The van der Waals surface area contributed by atoms with E-state index in [0.717, 1.165) is 18.0 Å². The van der Waals surface area contributed by atoms with Crippen LogP contribution in [0.3, 0.4) is 0 Å². The molecule has 1 atom stereocenters. The van der Waals surface area contributed by atoms with Crippen molar-refractivity contribution in [2.45, 2.75) is 25.9 Å². The van der Waals surface area contributed by atoms with Crippen molar-refractivity contribution in [2.24, 2.45) is 5.73 Å². The van der Waals surface area contributed by atoms with Crippen molar-refractivity contribution < 1.29 is 0 Å². The van der Waals surface area contributed by atoms with Crippen molar-refractivity contribution in [1.29, 1.82) is 0 Å². The van der Waals surface area contributed by atoms with Crippen molar-refractivity contribution in [3.05, 3.63) is 16.1 Å². The number of hydrogen-bond donors (Lipinski definition) is 1. The summed E-state index contributed by atoms with van der Waals surface area (Å²) in [5.41, 5.74) is 5.69. The lowest BCUT2D eigenvalue weighted by Crippen LogP contribution is -2.17. The third-order valence-electron chi connectivity index (χ3n) is 1.57. The fourth-order valence-corrected chi connectivity index (χ4v) is 2.29. The first-order valence-electron chi connectivity index (χ1n) is 4.42. The molecule has 3 nitrogen and oxygen atoms in total. The SMILES string of the molecule is C[C@H](N)Cc1ncc(CN(C)C)s1. The molecule has 0 amide bonds. The number of hydrogen-bond acceptors (Lipinski definition) is 4. The van der Waals surface area contributed by atoms with Crippen LogP contribution in [-0.4, -0.2) is 30.0 Å². The molecular formula is C9H17N3S. The fourth-order valence-electron chi connectivity index (χ4n) is 1.10. The molecule has 13 heavy (non-hydrogen) atoms. The van der Waals surface area contributed by atoms with Crippen LogP contribution in [-0.2, 0) is 13.0 Å². The molecule has 0 aliphatic rings. The molecule has 0 aliphatic carbocycles. The van der Waals surface area contributed by atoms with E-state index in [1.807, 2.05) is 13.1 Å². The topological polar surface area (TPSA) is 42.1 Å². The molecular weight excluding hydrogens is 182 g/mol. The third-order valence-corrected chi connectivity index (χ3v) is 2.57. The summed E-state index contributed by atoms with van der Waals surface area (Å²) in [4.78, 5) is 7.77. The van der Waals surface area contributed by atoms with E-state index in [1.165, 1.54) is 4.88 Å². The second kappa shape index (κ2) is 4.69. The van der Waals surface area contributed by atoms with Crippen LogP contribution in [0, 0.1) is 0 Å². The molecule has 0 saturated carbocycles. The summed E-state index contributed by atoms with van der Waals surface area (Å²) in [7, 11) is 4.12. The van der Waals surface area contributed by atoms with Gasteiger partial charge in [0.25, 0.3) is 0 Å². The van der Waals surface area contributed by atoms with Gasteiger partial charge < -0.3 is 10.6 Å². The van der Waals surface area contributed by atoms with Gasteiger partial charge in [0.2, 0.25) is 0 Å². The van der Waals surface area contributed by atoms with Crippen LogP contribution in [0.5, 0.6) is 0 Å². The maximum absolute atomic E-state index is 5.69. The molecule has 1 aromatic heterocycles. The minimum Gasteiger partial charge on any atom is -0.328 e. The Labute approximate surface area is 83.6 Å². The lowest BCUT2D eigenvalue weighted by molar-refractivity contribution is 0.406. The largest absolute Gasteiger partial charge is 0.328 e. The van der Waals surface area contributed by atoms with E-state index in [4.69, 9.17) is 5.73 Å². The molecule has 0 saturated heterocycles. The quantitative estimate of drug-likeness (QED) is 0.789. The van der Waals surface area contributed by atoms with Crippen LogP contribution in [0.4, 0.5) is 0 Å². The van der Waals surface area contributed by atoms with Gasteiger partial charge in [-0.3, -0.25) is 0 Å². The first kappa shape index (κ1) is 10.6. The normalized spacial score (nSPS) is 13.6. The molecule has 1 heterocycles. The van der Waals surface area contributed by atoms with Crippen molar-refractivity contribution >= 4 is 11.3 Å². The van der Waals surface area contributed by atoms with Crippen molar-refractivity contribution in [2.75, 3.05) is 14.1 Å². The zero-order valence-electron chi connectivity index (χ0n) is 8.45. The standard InChI is InChI=1S/C9H17N3S/c1-7(10)4-9-11-5-8(13-9)6-12(2)3/h5,7H,4,6,10H2,1-3H3/t7-/m0/s1. The molecule has 1 aromatic rings. The van der Waals surface area contributed by atoms with Gasteiger partial charge >= 0.3 is 0 Å². The maximum atomic E-state index is 5.69. The monoisotopic (exact) mass is 199 g/mol. The molecule has 0 aromatic carbocycles. The smallest absolute Gasteiger partial charge is 0.0943 e. The van der Waals surface area contributed by atoms with Crippen molar-refractivity contribution in [3.8, 4) is 0 Å². The Kier molecular flexibility index (Phi) is 3.84. The van der Waals surface area contributed by atoms with Gasteiger partial charge in [0, 0.05) is 30.1 Å². The number of aromatic nitrogens is 1.